The summed E-state index contributed by atoms with van der Waals surface area (Å²) in [5.41, 5.74) is 5.78. The summed E-state index contributed by atoms with van der Waals surface area (Å²) < 4.78 is 5.88. The number of methoxy groups -OCH3 is 1. The predicted octanol–water partition coefficient (Wildman–Crippen LogP) is 3.78. The number of fused-ring (bicyclic) bond motifs is 1. The monoisotopic (exact) mass is 291 g/mol. The first kappa shape index (κ1) is 13.8. The van der Waals surface area contributed by atoms with Gasteiger partial charge in [0.15, 0.2) is 5.82 Å². The fourth-order valence-electron chi connectivity index (χ4n) is 3.09. The molecule has 1 aliphatic rings. The lowest BCUT2D eigenvalue weighted by molar-refractivity contribution is -0.0347. The van der Waals surface area contributed by atoms with E-state index in [9.17, 15) is 0 Å². The van der Waals surface area contributed by atoms with Gasteiger partial charge in [-0.3, -0.25) is 0 Å². The number of aryl methyl sites for hydroxylation is 1. The van der Waals surface area contributed by atoms with Crippen molar-refractivity contribution < 1.29 is 4.74 Å². The van der Waals surface area contributed by atoms with Crippen LogP contribution in [0.2, 0.25) is 0 Å². The maximum atomic E-state index is 6.13. The third-order valence-corrected chi connectivity index (χ3v) is 5.20. The van der Waals surface area contributed by atoms with E-state index in [2.05, 4.69) is 18.0 Å². The maximum absolute atomic E-state index is 6.13. The molecule has 0 bridgehead atoms. The standard InChI is InChI=1S/C15H21N3OS/c1-10-9-11-12(16)17-14(18-13(11)20-10)15(19-2)7-5-3-4-6-8-15/h9H,3-8H2,1-2H3,(H2,16,17,18). The first-order valence-corrected chi connectivity index (χ1v) is 8.05. The summed E-state index contributed by atoms with van der Waals surface area (Å²) in [4.78, 5) is 11.5. The fraction of sp³-hybridized carbons (Fsp3) is 0.600. The number of thiophene rings is 1. The highest BCUT2D eigenvalue weighted by atomic mass is 32.1. The minimum Gasteiger partial charge on any atom is -0.383 e. The third-order valence-electron chi connectivity index (χ3n) is 4.25. The van der Waals surface area contributed by atoms with Crippen molar-refractivity contribution in [2.24, 2.45) is 0 Å². The van der Waals surface area contributed by atoms with Gasteiger partial charge in [-0.1, -0.05) is 25.7 Å². The van der Waals surface area contributed by atoms with Crippen LogP contribution < -0.4 is 5.73 Å². The summed E-state index contributed by atoms with van der Waals surface area (Å²) >= 11 is 1.67. The third kappa shape index (κ3) is 2.29. The number of nitrogens with two attached hydrogens (primary N) is 1. The Morgan fingerprint density at radius 1 is 1.20 bits per heavy atom. The fourth-order valence-corrected chi connectivity index (χ4v) is 3.97. The second kappa shape index (κ2) is 5.30. The maximum Gasteiger partial charge on any atom is 0.164 e. The van der Waals surface area contributed by atoms with E-state index >= 15 is 0 Å². The Labute approximate surface area is 123 Å². The van der Waals surface area contributed by atoms with Gasteiger partial charge in [-0.2, -0.15) is 0 Å². The summed E-state index contributed by atoms with van der Waals surface area (Å²) in [5, 5.41) is 0.969. The van der Waals surface area contributed by atoms with Gasteiger partial charge >= 0.3 is 0 Å². The summed E-state index contributed by atoms with van der Waals surface area (Å²) in [6.45, 7) is 2.07. The Kier molecular flexibility index (Phi) is 3.65. The number of anilines is 1. The van der Waals surface area contributed by atoms with Crippen LogP contribution in [0.15, 0.2) is 6.07 Å². The second-order valence-corrected chi connectivity index (χ2v) is 6.86. The normalized spacial score (nSPS) is 19.1. The predicted molar refractivity (Wildman–Crippen MR) is 83.0 cm³/mol. The average molecular weight is 291 g/mol. The van der Waals surface area contributed by atoms with Crippen molar-refractivity contribution in [1.29, 1.82) is 0 Å². The van der Waals surface area contributed by atoms with Crippen molar-refractivity contribution >= 4 is 27.4 Å². The molecule has 2 N–H and O–H groups in total. The van der Waals surface area contributed by atoms with Gasteiger partial charge in [0.2, 0.25) is 0 Å². The highest BCUT2D eigenvalue weighted by Gasteiger charge is 2.36. The van der Waals surface area contributed by atoms with E-state index in [1.54, 1.807) is 18.4 Å². The van der Waals surface area contributed by atoms with Crippen LogP contribution >= 0.6 is 11.3 Å². The number of aromatic nitrogens is 2. The smallest absolute Gasteiger partial charge is 0.164 e. The molecular weight excluding hydrogens is 270 g/mol. The molecule has 0 saturated heterocycles. The summed E-state index contributed by atoms with van der Waals surface area (Å²) in [5.74, 6) is 1.35. The molecule has 0 atom stereocenters. The number of ether oxygens (including phenoxy) is 1. The van der Waals surface area contributed by atoms with E-state index in [-0.39, 0.29) is 5.60 Å². The Balaban J connectivity index is 2.11. The lowest BCUT2D eigenvalue weighted by atomic mass is 9.93. The molecule has 5 heteroatoms. The molecule has 0 spiro atoms. The minimum atomic E-state index is -0.350. The molecule has 0 unspecified atom stereocenters. The Bertz CT molecular complexity index is 615. The first-order chi connectivity index (χ1) is 9.64. The van der Waals surface area contributed by atoms with E-state index in [0.29, 0.717) is 5.82 Å². The Morgan fingerprint density at radius 3 is 2.55 bits per heavy atom. The number of hydrogen-bond donors (Lipinski definition) is 1. The molecule has 2 heterocycles. The van der Waals surface area contributed by atoms with Crippen LogP contribution in [0, 0.1) is 6.92 Å². The van der Waals surface area contributed by atoms with Crippen LogP contribution in [0.25, 0.3) is 10.2 Å². The van der Waals surface area contributed by atoms with Gasteiger partial charge in [-0.25, -0.2) is 9.97 Å². The highest BCUT2D eigenvalue weighted by Crippen LogP contribution is 2.39. The van der Waals surface area contributed by atoms with Crippen LogP contribution in [-0.4, -0.2) is 17.1 Å². The van der Waals surface area contributed by atoms with Crippen LogP contribution in [0.1, 0.15) is 49.2 Å². The van der Waals surface area contributed by atoms with Crippen LogP contribution in [0.5, 0.6) is 0 Å². The molecule has 1 aliphatic carbocycles. The van der Waals surface area contributed by atoms with Crippen molar-refractivity contribution in [2.75, 3.05) is 12.8 Å². The van der Waals surface area contributed by atoms with Gasteiger partial charge in [0, 0.05) is 12.0 Å². The highest BCUT2D eigenvalue weighted by molar-refractivity contribution is 7.18. The lowest BCUT2D eigenvalue weighted by Gasteiger charge is -2.29. The van der Waals surface area contributed by atoms with Gasteiger partial charge in [0.25, 0.3) is 0 Å². The van der Waals surface area contributed by atoms with Crippen molar-refractivity contribution in [2.45, 2.75) is 51.0 Å². The molecule has 2 aromatic heterocycles. The van der Waals surface area contributed by atoms with Crippen LogP contribution in [0.4, 0.5) is 5.82 Å². The van der Waals surface area contributed by atoms with Crippen LogP contribution in [-0.2, 0) is 10.3 Å². The molecule has 0 radical (unpaired) electrons. The van der Waals surface area contributed by atoms with Gasteiger partial charge < -0.3 is 10.5 Å². The second-order valence-electron chi connectivity index (χ2n) is 5.62. The number of hydrogen-bond acceptors (Lipinski definition) is 5. The molecule has 0 aromatic carbocycles. The largest absolute Gasteiger partial charge is 0.383 e. The molecule has 3 rings (SSSR count). The van der Waals surface area contributed by atoms with Gasteiger partial charge in [-0.05, 0) is 25.8 Å². The molecule has 20 heavy (non-hydrogen) atoms. The van der Waals surface area contributed by atoms with E-state index < -0.39 is 0 Å². The molecule has 1 fully saturated rings. The number of rotatable bonds is 2. The number of nitrogen functional groups attached to an aromatic ring is 1. The van der Waals surface area contributed by atoms with E-state index in [4.69, 9.17) is 15.5 Å². The van der Waals surface area contributed by atoms with E-state index in [1.807, 2.05) is 0 Å². The van der Waals surface area contributed by atoms with Crippen molar-refractivity contribution in [1.82, 2.24) is 9.97 Å². The molecule has 2 aromatic rings. The number of nitrogens with zero attached hydrogens (tertiary/aromatic N) is 2. The SMILES string of the molecule is COC1(c2nc(N)c3cc(C)sc3n2)CCCCCC1. The zero-order valence-electron chi connectivity index (χ0n) is 12.1. The summed E-state index contributed by atoms with van der Waals surface area (Å²) in [6.07, 6.45) is 6.83. The Morgan fingerprint density at radius 2 is 1.90 bits per heavy atom. The van der Waals surface area contributed by atoms with Crippen molar-refractivity contribution in [3.8, 4) is 0 Å². The zero-order chi connectivity index (χ0) is 14.2. The summed E-state index contributed by atoms with van der Waals surface area (Å²) in [6, 6.07) is 2.06. The molecular formula is C15H21N3OS. The Hall–Kier alpha value is -1.20. The van der Waals surface area contributed by atoms with Crippen molar-refractivity contribution in [3.63, 3.8) is 0 Å². The van der Waals surface area contributed by atoms with Gasteiger partial charge in [-0.15, -0.1) is 11.3 Å². The van der Waals surface area contributed by atoms with Crippen LogP contribution in [0.3, 0.4) is 0 Å². The van der Waals surface area contributed by atoms with Crippen molar-refractivity contribution in [3.05, 3.63) is 16.8 Å². The van der Waals surface area contributed by atoms with Gasteiger partial charge in [0.1, 0.15) is 16.2 Å². The average Bonchev–Trinajstić information content (AvgIpc) is 2.67. The molecule has 108 valence electrons. The zero-order valence-corrected chi connectivity index (χ0v) is 12.9. The molecule has 0 amide bonds. The lowest BCUT2D eigenvalue weighted by Crippen LogP contribution is -2.30. The summed E-state index contributed by atoms with van der Waals surface area (Å²) in [7, 11) is 1.77. The topological polar surface area (TPSA) is 61.0 Å². The quantitative estimate of drug-likeness (QED) is 0.855. The first-order valence-electron chi connectivity index (χ1n) is 7.24. The van der Waals surface area contributed by atoms with E-state index in [0.717, 1.165) is 28.9 Å². The molecule has 0 aliphatic heterocycles. The molecule has 4 nitrogen and oxygen atoms in total. The van der Waals surface area contributed by atoms with Gasteiger partial charge in [0.05, 0.1) is 5.39 Å². The molecule has 1 saturated carbocycles. The minimum absolute atomic E-state index is 0.350. The van der Waals surface area contributed by atoms with E-state index in [1.165, 1.54) is 30.6 Å².